The third-order valence-corrected chi connectivity index (χ3v) is 4.65. The second kappa shape index (κ2) is 11.3. The molecule has 1 aromatic heterocycles. The van der Waals surface area contributed by atoms with Gasteiger partial charge in [0.2, 0.25) is 0 Å². The zero-order valence-electron chi connectivity index (χ0n) is 16.4. The van der Waals surface area contributed by atoms with Gasteiger partial charge in [0.15, 0.2) is 0 Å². The number of nitrogens with zero attached hydrogens (tertiary/aromatic N) is 3. The molecule has 0 atom stereocenters. The van der Waals surface area contributed by atoms with Crippen molar-refractivity contribution in [3.63, 3.8) is 0 Å². The molecule has 27 heavy (non-hydrogen) atoms. The average Bonchev–Trinajstić information content (AvgIpc) is 2.70. The Morgan fingerprint density at radius 2 is 2.00 bits per heavy atom. The smallest absolute Gasteiger partial charge is 0.305 e. The number of anilines is 1. The normalized spacial score (nSPS) is 15.4. The summed E-state index contributed by atoms with van der Waals surface area (Å²) in [6, 6.07) is 6.10. The van der Waals surface area contributed by atoms with Gasteiger partial charge in [-0.2, -0.15) is 0 Å². The van der Waals surface area contributed by atoms with Crippen LogP contribution in [0, 0.1) is 0 Å². The Bertz CT molecular complexity index is 661. The highest BCUT2D eigenvalue weighted by atomic mass is 16.5. The molecule has 0 aliphatic carbocycles. The summed E-state index contributed by atoms with van der Waals surface area (Å²) >= 11 is 0. The maximum atomic E-state index is 11.4. The first-order chi connectivity index (χ1) is 13.2. The summed E-state index contributed by atoms with van der Waals surface area (Å²) < 4.78 is 4.97. The minimum absolute atomic E-state index is 0.0855. The van der Waals surface area contributed by atoms with Gasteiger partial charge in [-0.25, -0.2) is 4.98 Å². The van der Waals surface area contributed by atoms with Gasteiger partial charge in [-0.3, -0.25) is 9.69 Å². The van der Waals surface area contributed by atoms with Gasteiger partial charge in [-0.05, 0) is 44.0 Å². The van der Waals surface area contributed by atoms with Crippen molar-refractivity contribution in [2.45, 2.75) is 26.2 Å². The third kappa shape index (κ3) is 6.68. The fourth-order valence-electron chi connectivity index (χ4n) is 3.18. The molecule has 1 aromatic rings. The van der Waals surface area contributed by atoms with Crippen LogP contribution in [0.25, 0.3) is 5.57 Å². The van der Waals surface area contributed by atoms with E-state index in [1.807, 2.05) is 31.2 Å². The van der Waals surface area contributed by atoms with Crippen molar-refractivity contribution in [3.05, 3.63) is 55.3 Å². The molecule has 1 aliphatic rings. The van der Waals surface area contributed by atoms with Crippen molar-refractivity contribution in [2.24, 2.45) is 0 Å². The maximum Gasteiger partial charge on any atom is 0.305 e. The van der Waals surface area contributed by atoms with Gasteiger partial charge in [-0.15, -0.1) is 0 Å². The van der Waals surface area contributed by atoms with Crippen LogP contribution >= 0.6 is 0 Å². The predicted octanol–water partition coefficient (Wildman–Crippen LogP) is 3.69. The SMILES string of the molecule is C=CC=C(C=C)c1cccc(N2CCN(CCCCC(=O)OCC)CC2)n1. The summed E-state index contributed by atoms with van der Waals surface area (Å²) in [5.41, 5.74) is 1.90. The largest absolute Gasteiger partial charge is 0.466 e. The number of carbonyl (C=O) groups is 1. The van der Waals surface area contributed by atoms with Crippen molar-refractivity contribution < 1.29 is 9.53 Å². The van der Waals surface area contributed by atoms with Crippen LogP contribution in [-0.2, 0) is 9.53 Å². The van der Waals surface area contributed by atoms with Crippen molar-refractivity contribution >= 4 is 17.4 Å². The number of rotatable bonds is 10. The fourth-order valence-corrected chi connectivity index (χ4v) is 3.18. The van der Waals surface area contributed by atoms with E-state index in [-0.39, 0.29) is 5.97 Å². The van der Waals surface area contributed by atoms with Crippen molar-refractivity contribution in [2.75, 3.05) is 44.2 Å². The topological polar surface area (TPSA) is 45.7 Å². The summed E-state index contributed by atoms with van der Waals surface area (Å²) in [6.45, 7) is 14.9. The van der Waals surface area contributed by atoms with Gasteiger partial charge in [0.25, 0.3) is 0 Å². The van der Waals surface area contributed by atoms with Gasteiger partial charge in [-0.1, -0.05) is 37.5 Å². The molecule has 1 saturated heterocycles. The molecule has 0 radical (unpaired) electrons. The molecule has 0 N–H and O–H groups in total. The minimum atomic E-state index is -0.0855. The first kappa shape index (κ1) is 20.9. The van der Waals surface area contributed by atoms with E-state index < -0.39 is 0 Å². The Hall–Kier alpha value is -2.40. The number of piperazine rings is 1. The van der Waals surface area contributed by atoms with E-state index in [0.29, 0.717) is 13.0 Å². The number of pyridine rings is 1. The summed E-state index contributed by atoms with van der Waals surface area (Å²) in [5.74, 6) is 0.920. The fraction of sp³-hybridized carbons (Fsp3) is 0.455. The van der Waals surface area contributed by atoms with E-state index in [1.165, 1.54) is 0 Å². The molecule has 5 nitrogen and oxygen atoms in total. The van der Waals surface area contributed by atoms with Crippen molar-refractivity contribution in [1.29, 1.82) is 0 Å². The first-order valence-corrected chi connectivity index (χ1v) is 9.73. The Morgan fingerprint density at radius 1 is 1.22 bits per heavy atom. The molecule has 1 fully saturated rings. The van der Waals surface area contributed by atoms with E-state index in [2.05, 4.69) is 29.0 Å². The van der Waals surface area contributed by atoms with Crippen molar-refractivity contribution in [3.8, 4) is 0 Å². The number of hydrogen-bond donors (Lipinski definition) is 0. The Balaban J connectivity index is 1.80. The highest BCUT2D eigenvalue weighted by molar-refractivity contribution is 5.73. The molecule has 146 valence electrons. The molecular weight excluding hydrogens is 338 g/mol. The van der Waals surface area contributed by atoms with E-state index in [4.69, 9.17) is 9.72 Å². The Morgan fingerprint density at radius 3 is 2.67 bits per heavy atom. The summed E-state index contributed by atoms with van der Waals surface area (Å²) in [7, 11) is 0. The molecule has 5 heteroatoms. The molecule has 0 saturated carbocycles. The lowest BCUT2D eigenvalue weighted by molar-refractivity contribution is -0.143. The lowest BCUT2D eigenvalue weighted by atomic mass is 10.1. The second-order valence-corrected chi connectivity index (χ2v) is 6.53. The molecule has 2 rings (SSSR count). The molecule has 0 unspecified atom stereocenters. The minimum Gasteiger partial charge on any atom is -0.466 e. The van der Waals surface area contributed by atoms with Crippen LogP contribution in [0.1, 0.15) is 31.9 Å². The van der Waals surface area contributed by atoms with E-state index in [1.54, 1.807) is 6.08 Å². The predicted molar refractivity (Wildman–Crippen MR) is 112 cm³/mol. The zero-order valence-corrected chi connectivity index (χ0v) is 16.4. The van der Waals surface area contributed by atoms with Gasteiger partial charge in [0.1, 0.15) is 5.82 Å². The van der Waals surface area contributed by atoms with Crippen LogP contribution in [0.2, 0.25) is 0 Å². The zero-order chi connectivity index (χ0) is 19.5. The maximum absolute atomic E-state index is 11.4. The second-order valence-electron chi connectivity index (χ2n) is 6.53. The average molecular weight is 370 g/mol. The number of allylic oxidation sites excluding steroid dienone is 4. The van der Waals surface area contributed by atoms with E-state index in [0.717, 1.165) is 62.7 Å². The Kier molecular flexibility index (Phi) is 8.78. The van der Waals surface area contributed by atoms with Crippen LogP contribution in [0.15, 0.2) is 49.6 Å². The van der Waals surface area contributed by atoms with Crippen LogP contribution in [-0.4, -0.2) is 55.2 Å². The molecule has 0 spiro atoms. The van der Waals surface area contributed by atoms with Crippen molar-refractivity contribution in [1.82, 2.24) is 9.88 Å². The first-order valence-electron chi connectivity index (χ1n) is 9.73. The van der Waals surface area contributed by atoms with E-state index >= 15 is 0 Å². The lowest BCUT2D eigenvalue weighted by Crippen LogP contribution is -2.47. The molecule has 1 aliphatic heterocycles. The van der Waals surface area contributed by atoms with Gasteiger partial charge in [0, 0.05) is 32.6 Å². The molecule has 2 heterocycles. The van der Waals surface area contributed by atoms with E-state index in [9.17, 15) is 4.79 Å². The molecule has 0 aromatic carbocycles. The van der Waals surface area contributed by atoms with Gasteiger partial charge >= 0.3 is 5.97 Å². The number of ether oxygens (including phenoxy) is 1. The summed E-state index contributed by atoms with van der Waals surface area (Å²) in [6.07, 6.45) is 7.93. The number of carbonyl (C=O) groups excluding carboxylic acids is 1. The molecule has 0 amide bonds. The highest BCUT2D eigenvalue weighted by Gasteiger charge is 2.18. The number of unbranched alkanes of at least 4 members (excludes halogenated alkanes) is 1. The number of hydrogen-bond acceptors (Lipinski definition) is 5. The highest BCUT2D eigenvalue weighted by Crippen LogP contribution is 2.19. The molecule has 0 bridgehead atoms. The summed E-state index contributed by atoms with van der Waals surface area (Å²) in [5, 5.41) is 0. The standard InChI is InChI=1S/C22H31N3O2/c1-4-10-19(5-2)20-11-9-12-21(23-20)25-17-15-24(16-18-25)14-8-7-13-22(26)27-6-3/h4-5,9-12H,1-2,6-8,13-18H2,3H3. The number of aromatic nitrogens is 1. The van der Waals surface area contributed by atoms with Crippen LogP contribution in [0.4, 0.5) is 5.82 Å². The lowest BCUT2D eigenvalue weighted by Gasteiger charge is -2.35. The Labute approximate surface area is 163 Å². The quantitative estimate of drug-likeness (QED) is 0.358. The van der Waals surface area contributed by atoms with Crippen LogP contribution in [0.3, 0.4) is 0 Å². The van der Waals surface area contributed by atoms with Crippen LogP contribution in [0.5, 0.6) is 0 Å². The summed E-state index contributed by atoms with van der Waals surface area (Å²) in [4.78, 5) is 20.9. The van der Waals surface area contributed by atoms with Crippen LogP contribution < -0.4 is 4.90 Å². The van der Waals surface area contributed by atoms with Gasteiger partial charge in [0.05, 0.1) is 12.3 Å². The number of esters is 1. The van der Waals surface area contributed by atoms with Gasteiger partial charge < -0.3 is 9.64 Å². The monoisotopic (exact) mass is 369 g/mol. The third-order valence-electron chi connectivity index (χ3n) is 4.65. The molecular formula is C22H31N3O2.